The maximum absolute atomic E-state index is 13.6. The normalized spacial score (nSPS) is 12.3. The van der Waals surface area contributed by atoms with Crippen LogP contribution >= 0.6 is 0 Å². The number of imidazole rings is 2. The van der Waals surface area contributed by atoms with E-state index in [-0.39, 0.29) is 64.1 Å². The lowest BCUT2D eigenvalue weighted by atomic mass is 10.1. The van der Waals surface area contributed by atoms with Crippen LogP contribution in [0.2, 0.25) is 0 Å². The largest absolute Gasteiger partial charge is 0.460 e. The number of nitrogens with two attached hydrogens (primary N) is 2. The van der Waals surface area contributed by atoms with Gasteiger partial charge in [0.05, 0.1) is 39.0 Å². The first-order valence-electron chi connectivity index (χ1n) is 17.7. The highest BCUT2D eigenvalue weighted by molar-refractivity contribution is 6.14. The summed E-state index contributed by atoms with van der Waals surface area (Å²) in [7, 11) is 0. The highest BCUT2D eigenvalue weighted by Gasteiger charge is 2.33. The van der Waals surface area contributed by atoms with Crippen molar-refractivity contribution in [3.63, 3.8) is 0 Å². The topological polar surface area (TPSA) is 229 Å². The number of furan rings is 1. The molecule has 2 aromatic carbocycles. The number of aromatic nitrogens is 8. The molecule has 7 rings (SSSR count). The molecule has 0 radical (unpaired) electrons. The second-order valence-corrected chi connectivity index (χ2v) is 13.7. The molecule has 0 saturated carbocycles. The van der Waals surface area contributed by atoms with Gasteiger partial charge in [0, 0.05) is 24.0 Å². The number of rotatable bonds is 12. The van der Waals surface area contributed by atoms with Crippen LogP contribution in [0.4, 0.5) is 38.2 Å². The first-order valence-corrected chi connectivity index (χ1v) is 17.7. The molecule has 17 nitrogen and oxygen atoms in total. The highest BCUT2D eigenvalue weighted by atomic mass is 19.4. The number of nitrogens with one attached hydrogen (secondary N) is 2. The number of fused-ring (bicyclic) bond motifs is 4. The van der Waals surface area contributed by atoms with E-state index < -0.39 is 60.5 Å². The van der Waals surface area contributed by atoms with E-state index in [1.54, 1.807) is 25.1 Å². The lowest BCUT2D eigenvalue weighted by molar-refractivity contribution is -0.143. The van der Waals surface area contributed by atoms with Gasteiger partial charge in [-0.2, -0.15) is 36.5 Å². The zero-order valence-electron chi connectivity index (χ0n) is 31.6. The van der Waals surface area contributed by atoms with E-state index >= 15 is 0 Å². The number of hydrogen-bond donors (Lipinski definition) is 4. The number of aryl methyl sites for hydroxylation is 3. The van der Waals surface area contributed by atoms with Crippen molar-refractivity contribution in [3.05, 3.63) is 94.3 Å². The number of hydrogen-bond acceptors (Lipinski definition) is 9. The minimum absolute atomic E-state index is 0.0137. The third kappa shape index (κ3) is 8.26. The van der Waals surface area contributed by atoms with Crippen LogP contribution < -0.4 is 22.1 Å². The molecule has 0 bridgehead atoms. The first kappa shape index (κ1) is 40.7. The summed E-state index contributed by atoms with van der Waals surface area (Å²) in [6, 6.07) is 9.65. The molecule has 0 atom stereocenters. The van der Waals surface area contributed by atoms with Gasteiger partial charge in [0.2, 0.25) is 17.8 Å². The van der Waals surface area contributed by atoms with Gasteiger partial charge in [0.1, 0.15) is 35.8 Å². The maximum atomic E-state index is 13.6. The van der Waals surface area contributed by atoms with Crippen molar-refractivity contribution in [1.29, 1.82) is 0 Å². The Balaban J connectivity index is 1.26. The van der Waals surface area contributed by atoms with Gasteiger partial charge >= 0.3 is 12.4 Å². The van der Waals surface area contributed by atoms with Crippen LogP contribution in [0.5, 0.6) is 0 Å². The van der Waals surface area contributed by atoms with Gasteiger partial charge in [-0.1, -0.05) is 12.2 Å². The minimum Gasteiger partial charge on any atom is -0.460 e. The van der Waals surface area contributed by atoms with Crippen molar-refractivity contribution in [3.8, 4) is 0 Å². The van der Waals surface area contributed by atoms with Crippen LogP contribution in [0.15, 0.2) is 59.0 Å². The van der Waals surface area contributed by atoms with Crippen molar-refractivity contribution >= 4 is 68.6 Å². The van der Waals surface area contributed by atoms with Crippen molar-refractivity contribution in [1.82, 2.24) is 38.7 Å². The molecule has 0 saturated heterocycles. The third-order valence-electron chi connectivity index (χ3n) is 9.05. The molecule has 4 amide bonds. The number of anilines is 2. The van der Waals surface area contributed by atoms with Crippen molar-refractivity contribution in [2.75, 3.05) is 10.6 Å². The fraction of sp³-hybridized carbons (Fsp3) is 0.243. The van der Waals surface area contributed by atoms with Crippen molar-refractivity contribution < 1.29 is 49.9 Å². The fourth-order valence-corrected chi connectivity index (χ4v) is 6.70. The number of nitrogens with zero attached hydrogens (tertiary/aromatic N) is 8. The standard InChI is InChI=1S/C37H32F6N12O5/c1-17-10-26(54(50-17)15-36(38,39)40)32(58)48-34-46-23-13-20(30(44)56)6-7-25(23)52(34)8-4-5-9-53-28-21-12-19(3)60-29(21)22(31(45)57)14-24(28)47-35(53)49-33(59)27-11-18(2)51-55(27)16-37(41,42)43/h4-7,10-14H,8-9,15-16H2,1-3H3,(H2,44,56)(H2,45,57)(H,46,48,58)(H,47,49,59)/b5-4+. The second kappa shape index (κ2) is 15.0. The lowest BCUT2D eigenvalue weighted by Gasteiger charge is -2.12. The fourth-order valence-electron chi connectivity index (χ4n) is 6.70. The van der Waals surface area contributed by atoms with E-state index in [0.717, 1.165) is 0 Å². The predicted molar refractivity (Wildman–Crippen MR) is 202 cm³/mol. The minimum atomic E-state index is -4.69. The Morgan fingerprint density at radius 1 is 0.717 bits per heavy atom. The summed E-state index contributed by atoms with van der Waals surface area (Å²) >= 11 is 0. The Morgan fingerprint density at radius 3 is 1.78 bits per heavy atom. The molecule has 23 heteroatoms. The maximum Gasteiger partial charge on any atom is 0.408 e. The molecule has 0 aliphatic carbocycles. The van der Waals surface area contributed by atoms with E-state index in [4.69, 9.17) is 15.9 Å². The monoisotopic (exact) mass is 838 g/mol. The summed E-state index contributed by atoms with van der Waals surface area (Å²) in [5.41, 5.74) is 12.0. The number of halogens is 6. The van der Waals surface area contributed by atoms with Gasteiger partial charge in [-0.25, -0.2) is 9.97 Å². The summed E-state index contributed by atoms with van der Waals surface area (Å²) in [5.74, 6) is -3.36. The molecule has 0 aliphatic rings. The van der Waals surface area contributed by atoms with Gasteiger partial charge in [-0.15, -0.1) is 0 Å². The van der Waals surface area contributed by atoms with Gasteiger partial charge in [0.15, 0.2) is 0 Å². The van der Waals surface area contributed by atoms with E-state index in [1.807, 2.05) is 0 Å². The third-order valence-corrected chi connectivity index (χ3v) is 9.05. The Hall–Kier alpha value is -7.46. The number of alkyl halides is 6. The molecular weight excluding hydrogens is 806 g/mol. The number of primary amides is 2. The molecule has 6 N–H and O–H groups in total. The van der Waals surface area contributed by atoms with Crippen LogP contribution in [0.3, 0.4) is 0 Å². The number of allylic oxidation sites excluding steroid dienone is 2. The Labute approximate surface area is 332 Å². The molecule has 312 valence electrons. The Kier molecular flexibility index (Phi) is 10.2. The molecule has 0 aliphatic heterocycles. The van der Waals surface area contributed by atoms with Crippen LogP contribution in [0.1, 0.15) is 58.8 Å². The molecule has 0 fully saturated rings. The van der Waals surface area contributed by atoms with Gasteiger partial charge in [0.25, 0.3) is 17.7 Å². The average molecular weight is 839 g/mol. The summed E-state index contributed by atoms with van der Waals surface area (Å²) < 4.78 is 89.9. The molecular formula is C37H32F6N12O5. The van der Waals surface area contributed by atoms with Gasteiger partial charge < -0.3 is 25.0 Å². The molecule has 60 heavy (non-hydrogen) atoms. The van der Waals surface area contributed by atoms with Gasteiger partial charge in [-0.3, -0.25) is 39.2 Å². The SMILES string of the molecule is Cc1cc(C(=O)Nc2nc3cc(C(N)=O)ccc3n2C/C=C/Cn2c(NC(=O)c3cc(C)nn3CC(F)(F)F)nc3cc(C(N)=O)c4oc(C)cc4c32)n(CC(F)(F)F)n1. The van der Waals surface area contributed by atoms with E-state index in [0.29, 0.717) is 31.5 Å². The molecule has 0 unspecified atom stereocenters. The number of amides is 4. The summed E-state index contributed by atoms with van der Waals surface area (Å²) in [5, 5.41) is 13.1. The van der Waals surface area contributed by atoms with Crippen molar-refractivity contribution in [2.24, 2.45) is 11.5 Å². The van der Waals surface area contributed by atoms with Crippen LogP contribution in [0, 0.1) is 20.8 Å². The summed E-state index contributed by atoms with van der Waals surface area (Å²) in [6.45, 7) is 1.31. The van der Waals surface area contributed by atoms with E-state index in [2.05, 4.69) is 30.8 Å². The molecule has 5 aromatic heterocycles. The van der Waals surface area contributed by atoms with Crippen LogP contribution in [-0.2, 0) is 26.2 Å². The van der Waals surface area contributed by atoms with Crippen LogP contribution in [0.25, 0.3) is 33.0 Å². The molecule has 7 aromatic rings. The number of carbonyl (C=O) groups excluding carboxylic acids is 4. The molecule has 0 spiro atoms. The smallest absolute Gasteiger partial charge is 0.408 e. The predicted octanol–water partition coefficient (Wildman–Crippen LogP) is 5.53. The Morgan fingerprint density at radius 2 is 1.25 bits per heavy atom. The summed E-state index contributed by atoms with van der Waals surface area (Å²) in [4.78, 5) is 60.3. The van der Waals surface area contributed by atoms with E-state index in [9.17, 15) is 45.5 Å². The zero-order chi connectivity index (χ0) is 43.4. The quantitative estimate of drug-likeness (QED) is 0.0894. The Bertz CT molecular complexity index is 2910. The average Bonchev–Trinajstić information content (AvgIpc) is 3.94. The number of benzene rings is 2. The lowest BCUT2D eigenvalue weighted by Crippen LogP contribution is -2.25. The van der Waals surface area contributed by atoms with Crippen molar-refractivity contribution in [2.45, 2.75) is 59.3 Å². The summed E-state index contributed by atoms with van der Waals surface area (Å²) in [6.07, 6.45) is -6.14. The first-order chi connectivity index (χ1) is 28.2. The second-order valence-electron chi connectivity index (χ2n) is 13.7. The zero-order valence-corrected chi connectivity index (χ0v) is 31.6. The van der Waals surface area contributed by atoms with E-state index in [1.165, 1.54) is 59.4 Å². The molecule has 5 heterocycles. The van der Waals surface area contributed by atoms with Crippen LogP contribution in [-0.4, -0.2) is 74.6 Å². The highest BCUT2D eigenvalue weighted by Crippen LogP contribution is 2.34. The number of carbonyl (C=O) groups is 4. The van der Waals surface area contributed by atoms with Gasteiger partial charge in [-0.05, 0) is 63.2 Å².